The quantitative estimate of drug-likeness (QED) is 0.479. The lowest BCUT2D eigenvalue weighted by molar-refractivity contribution is -0.141. The highest BCUT2D eigenvalue weighted by atomic mass is 32.2. The van der Waals surface area contributed by atoms with Crippen molar-refractivity contribution in [2.24, 2.45) is 0 Å². The van der Waals surface area contributed by atoms with Crippen molar-refractivity contribution >= 4 is 17.7 Å². The van der Waals surface area contributed by atoms with Gasteiger partial charge in [0.15, 0.2) is 16.7 Å². The summed E-state index contributed by atoms with van der Waals surface area (Å²) < 4.78 is 56.0. The van der Waals surface area contributed by atoms with Crippen molar-refractivity contribution in [2.45, 2.75) is 30.3 Å². The molecule has 1 aliphatic heterocycles. The molecule has 3 rings (SSSR count). The summed E-state index contributed by atoms with van der Waals surface area (Å²) in [5, 5.41) is 2.57. The van der Waals surface area contributed by atoms with Gasteiger partial charge in [-0.2, -0.15) is 13.2 Å². The first-order valence-electron chi connectivity index (χ1n) is 9.50. The molecule has 1 fully saturated rings. The lowest BCUT2D eigenvalue weighted by Crippen LogP contribution is -2.32. The molecule has 0 spiro atoms. The normalized spacial score (nSPS) is 16.2. The van der Waals surface area contributed by atoms with E-state index in [-0.39, 0.29) is 28.6 Å². The molecule has 11 heteroatoms. The van der Waals surface area contributed by atoms with E-state index in [4.69, 9.17) is 14.2 Å². The van der Waals surface area contributed by atoms with E-state index in [1.165, 1.54) is 20.3 Å². The molecule has 31 heavy (non-hydrogen) atoms. The smallest absolute Gasteiger partial charge is 0.433 e. The van der Waals surface area contributed by atoms with Crippen molar-refractivity contribution in [2.75, 3.05) is 33.1 Å². The molecule has 1 unspecified atom stereocenters. The Labute approximate surface area is 181 Å². The number of ether oxygens (including phenoxy) is 3. The van der Waals surface area contributed by atoms with E-state index in [0.29, 0.717) is 30.2 Å². The fourth-order valence-corrected chi connectivity index (χ4v) is 3.68. The number of hydrogen-bond acceptors (Lipinski definition) is 7. The van der Waals surface area contributed by atoms with E-state index in [2.05, 4.69) is 15.3 Å². The predicted molar refractivity (Wildman–Crippen MR) is 108 cm³/mol. The van der Waals surface area contributed by atoms with Gasteiger partial charge < -0.3 is 19.5 Å². The van der Waals surface area contributed by atoms with Crippen molar-refractivity contribution in [3.8, 4) is 22.8 Å². The maximum atomic E-state index is 13.4. The largest absolute Gasteiger partial charge is 0.493 e. The van der Waals surface area contributed by atoms with E-state index in [1.54, 1.807) is 12.1 Å². The maximum absolute atomic E-state index is 13.4. The number of benzene rings is 1. The molecule has 0 aliphatic carbocycles. The first-order chi connectivity index (χ1) is 14.8. The predicted octanol–water partition coefficient (Wildman–Crippen LogP) is 3.57. The summed E-state index contributed by atoms with van der Waals surface area (Å²) in [6.45, 7) is 1.05. The minimum atomic E-state index is -4.66. The third-order valence-electron chi connectivity index (χ3n) is 4.56. The Hall–Kier alpha value is -2.53. The number of halogens is 3. The molecule has 1 aromatic carbocycles. The van der Waals surface area contributed by atoms with Crippen LogP contribution in [-0.2, 0) is 15.7 Å². The Kier molecular flexibility index (Phi) is 7.60. The van der Waals surface area contributed by atoms with Crippen molar-refractivity contribution in [3.63, 3.8) is 0 Å². The van der Waals surface area contributed by atoms with E-state index in [9.17, 15) is 18.0 Å². The van der Waals surface area contributed by atoms with Crippen LogP contribution >= 0.6 is 11.8 Å². The van der Waals surface area contributed by atoms with E-state index in [1.807, 2.05) is 0 Å². The Morgan fingerprint density at radius 2 is 2.00 bits per heavy atom. The second kappa shape index (κ2) is 10.2. The SMILES string of the molecule is COc1ccc(-c2cc(C(F)(F)F)nc(SCC(=O)NCC3CCCO3)n2)cc1OC. The van der Waals surface area contributed by atoms with Crippen molar-refractivity contribution < 1.29 is 32.2 Å². The fraction of sp³-hybridized carbons (Fsp3) is 0.450. The minimum absolute atomic E-state index is 0.0181. The van der Waals surface area contributed by atoms with Crippen LogP contribution < -0.4 is 14.8 Å². The molecule has 1 atom stereocenters. The van der Waals surface area contributed by atoms with Crippen molar-refractivity contribution in [1.29, 1.82) is 0 Å². The molecule has 7 nitrogen and oxygen atoms in total. The Bertz CT molecular complexity index is 921. The van der Waals surface area contributed by atoms with Crippen LogP contribution in [0.5, 0.6) is 11.5 Å². The number of thioether (sulfide) groups is 1. The maximum Gasteiger partial charge on any atom is 0.433 e. The van der Waals surface area contributed by atoms with Gasteiger partial charge in [0.2, 0.25) is 5.91 Å². The second-order valence-electron chi connectivity index (χ2n) is 6.72. The number of nitrogens with one attached hydrogen (secondary N) is 1. The van der Waals surface area contributed by atoms with Gasteiger partial charge in [0.1, 0.15) is 5.69 Å². The van der Waals surface area contributed by atoms with Crippen LogP contribution in [0.2, 0.25) is 0 Å². The highest BCUT2D eigenvalue weighted by Gasteiger charge is 2.34. The summed E-state index contributed by atoms with van der Waals surface area (Å²) in [5.74, 6) is 0.359. The Morgan fingerprint density at radius 3 is 2.65 bits per heavy atom. The van der Waals surface area contributed by atoms with Crippen LogP contribution in [0.3, 0.4) is 0 Å². The summed E-state index contributed by atoms with van der Waals surface area (Å²) in [6, 6.07) is 5.55. The average molecular weight is 457 g/mol. The molecule has 0 saturated carbocycles. The standard InChI is InChI=1S/C20H22F3N3O4S/c1-28-15-6-5-12(8-16(15)29-2)14-9-17(20(21,22)23)26-19(25-14)31-11-18(27)24-10-13-4-3-7-30-13/h5-6,8-9,13H,3-4,7,10-11H2,1-2H3,(H,24,27). The first-order valence-corrected chi connectivity index (χ1v) is 10.5. The summed E-state index contributed by atoms with van der Waals surface area (Å²) in [7, 11) is 2.89. The van der Waals surface area contributed by atoms with Crippen molar-refractivity contribution in [3.05, 3.63) is 30.0 Å². The molecule has 1 amide bonds. The third kappa shape index (κ3) is 6.23. The van der Waals surface area contributed by atoms with Crippen LogP contribution in [0.15, 0.2) is 29.4 Å². The Balaban J connectivity index is 1.78. The molecule has 0 bridgehead atoms. The zero-order chi connectivity index (χ0) is 22.4. The molecule has 1 N–H and O–H groups in total. The molecule has 1 saturated heterocycles. The molecule has 168 valence electrons. The van der Waals surface area contributed by atoms with Crippen LogP contribution in [0.4, 0.5) is 13.2 Å². The highest BCUT2D eigenvalue weighted by Crippen LogP contribution is 2.35. The number of carbonyl (C=O) groups is 1. The first kappa shape index (κ1) is 23.1. The van der Waals surface area contributed by atoms with Gasteiger partial charge in [-0.1, -0.05) is 11.8 Å². The van der Waals surface area contributed by atoms with Gasteiger partial charge in [0.25, 0.3) is 0 Å². The van der Waals surface area contributed by atoms with Crippen LogP contribution in [0.1, 0.15) is 18.5 Å². The van der Waals surface area contributed by atoms with Crippen LogP contribution in [0.25, 0.3) is 11.3 Å². The van der Waals surface area contributed by atoms with E-state index >= 15 is 0 Å². The summed E-state index contributed by atoms with van der Waals surface area (Å²) in [5.41, 5.74) is -0.629. The van der Waals surface area contributed by atoms with Crippen LogP contribution in [0, 0.1) is 0 Å². The van der Waals surface area contributed by atoms with Gasteiger partial charge in [0, 0.05) is 18.7 Å². The van der Waals surface area contributed by atoms with Gasteiger partial charge >= 0.3 is 6.18 Å². The lowest BCUT2D eigenvalue weighted by atomic mass is 10.1. The summed E-state index contributed by atoms with van der Waals surface area (Å²) in [4.78, 5) is 19.9. The number of hydrogen-bond donors (Lipinski definition) is 1. The summed E-state index contributed by atoms with van der Waals surface area (Å²) in [6.07, 6.45) is -2.85. The van der Waals surface area contributed by atoms with Crippen LogP contribution in [-0.4, -0.2) is 55.1 Å². The molecule has 1 aromatic heterocycles. The van der Waals surface area contributed by atoms with E-state index in [0.717, 1.165) is 30.7 Å². The fourth-order valence-electron chi connectivity index (χ4n) is 2.99. The van der Waals surface area contributed by atoms with Gasteiger partial charge in [-0.05, 0) is 37.1 Å². The topological polar surface area (TPSA) is 82.6 Å². The minimum Gasteiger partial charge on any atom is -0.493 e. The molecule has 2 aromatic rings. The number of methoxy groups -OCH3 is 2. The molecular formula is C20H22F3N3O4S. The molecule has 2 heterocycles. The number of aromatic nitrogens is 2. The number of rotatable bonds is 8. The number of amides is 1. The second-order valence-corrected chi connectivity index (χ2v) is 7.66. The molecule has 1 aliphatic rings. The van der Waals surface area contributed by atoms with Gasteiger partial charge in [0.05, 0.1) is 31.8 Å². The number of alkyl halides is 3. The average Bonchev–Trinajstić information content (AvgIpc) is 3.28. The van der Waals surface area contributed by atoms with Gasteiger partial charge in [-0.15, -0.1) is 0 Å². The van der Waals surface area contributed by atoms with Gasteiger partial charge in [-0.25, -0.2) is 9.97 Å². The van der Waals surface area contributed by atoms with E-state index < -0.39 is 11.9 Å². The monoisotopic (exact) mass is 457 g/mol. The lowest BCUT2D eigenvalue weighted by Gasteiger charge is -2.13. The molecular weight excluding hydrogens is 435 g/mol. The van der Waals surface area contributed by atoms with Gasteiger partial charge in [-0.3, -0.25) is 4.79 Å². The zero-order valence-corrected chi connectivity index (χ0v) is 17.8. The summed E-state index contributed by atoms with van der Waals surface area (Å²) >= 11 is 0.837. The third-order valence-corrected chi connectivity index (χ3v) is 5.41. The zero-order valence-electron chi connectivity index (χ0n) is 17.0. The highest BCUT2D eigenvalue weighted by molar-refractivity contribution is 7.99. The Morgan fingerprint density at radius 1 is 1.23 bits per heavy atom. The number of carbonyl (C=O) groups excluding carboxylic acids is 1. The number of nitrogens with zero attached hydrogens (tertiary/aromatic N) is 2. The molecule has 0 radical (unpaired) electrons. The van der Waals surface area contributed by atoms with Crippen molar-refractivity contribution in [1.82, 2.24) is 15.3 Å².